The molecule has 0 unspecified atom stereocenters. The average Bonchev–Trinajstić information content (AvgIpc) is 2.41. The summed E-state index contributed by atoms with van der Waals surface area (Å²) in [7, 11) is -3.84. The Morgan fingerprint density at radius 1 is 1.19 bits per heavy atom. The topological polar surface area (TPSA) is 103 Å². The molecular weight excluding hydrogens is 316 g/mol. The minimum Gasteiger partial charge on any atom is -0.399 e. The van der Waals surface area contributed by atoms with Crippen LogP contribution in [0.3, 0.4) is 0 Å². The second kappa shape index (κ2) is 5.71. The van der Waals surface area contributed by atoms with Crippen molar-refractivity contribution >= 4 is 32.8 Å². The molecule has 2 rings (SSSR count). The van der Waals surface area contributed by atoms with Crippen molar-refractivity contribution in [3.63, 3.8) is 0 Å². The predicted molar refractivity (Wildman–Crippen MR) is 79.9 cm³/mol. The van der Waals surface area contributed by atoms with E-state index in [0.29, 0.717) is 0 Å². The molecule has 110 valence electrons. The van der Waals surface area contributed by atoms with Gasteiger partial charge in [0.15, 0.2) is 9.84 Å². The van der Waals surface area contributed by atoms with Crippen molar-refractivity contribution in [3.8, 4) is 0 Å². The third-order valence-electron chi connectivity index (χ3n) is 2.82. The van der Waals surface area contributed by atoms with Crippen molar-refractivity contribution in [1.29, 1.82) is 0 Å². The Kier molecular flexibility index (Phi) is 4.15. The van der Waals surface area contributed by atoms with Crippen LogP contribution in [0, 0.1) is 10.1 Å². The van der Waals surface area contributed by atoms with Crippen molar-refractivity contribution < 1.29 is 13.3 Å². The monoisotopic (exact) mass is 326 g/mol. The number of nitrogen functional groups attached to an aromatic ring is 1. The number of rotatable bonds is 4. The van der Waals surface area contributed by atoms with Gasteiger partial charge in [-0.15, -0.1) is 0 Å². The summed E-state index contributed by atoms with van der Waals surface area (Å²) in [6.45, 7) is 0. The molecule has 0 saturated carbocycles. The molecular formula is C13H11ClN2O4S. The highest BCUT2D eigenvalue weighted by atomic mass is 35.5. The van der Waals surface area contributed by atoms with Crippen LogP contribution >= 0.6 is 11.6 Å². The number of hydrogen-bond acceptors (Lipinski definition) is 5. The van der Waals surface area contributed by atoms with Gasteiger partial charge in [0, 0.05) is 17.3 Å². The molecule has 2 aromatic carbocycles. The lowest BCUT2D eigenvalue weighted by Gasteiger charge is -2.08. The van der Waals surface area contributed by atoms with Crippen LogP contribution in [0.1, 0.15) is 5.56 Å². The van der Waals surface area contributed by atoms with Crippen LogP contribution in [-0.4, -0.2) is 13.3 Å². The van der Waals surface area contributed by atoms with Crippen LogP contribution in [0.15, 0.2) is 47.4 Å². The van der Waals surface area contributed by atoms with Gasteiger partial charge in [-0.2, -0.15) is 0 Å². The lowest BCUT2D eigenvalue weighted by molar-refractivity contribution is -0.385. The molecule has 0 aliphatic rings. The van der Waals surface area contributed by atoms with Gasteiger partial charge in [0.05, 0.1) is 20.6 Å². The van der Waals surface area contributed by atoms with Gasteiger partial charge in [0.1, 0.15) is 0 Å². The van der Waals surface area contributed by atoms with E-state index in [-0.39, 0.29) is 26.9 Å². The fourth-order valence-corrected chi connectivity index (χ4v) is 3.81. The summed E-state index contributed by atoms with van der Waals surface area (Å²) in [5.74, 6) is -0.521. The molecule has 2 N–H and O–H groups in total. The minimum absolute atomic E-state index is 0.0304. The standard InChI is InChI=1S/C13H11ClN2O4S/c14-11-6-5-10(15)7-13(11)21(19,20)8-9-3-1-2-4-12(9)16(17)18/h1-7H,8,15H2. The second-order valence-electron chi connectivity index (χ2n) is 4.33. The Labute approximate surface area is 126 Å². The van der Waals surface area contributed by atoms with Crippen molar-refractivity contribution in [1.82, 2.24) is 0 Å². The quantitative estimate of drug-likeness (QED) is 0.528. The van der Waals surface area contributed by atoms with Crippen LogP contribution in [0.2, 0.25) is 5.02 Å². The lowest BCUT2D eigenvalue weighted by atomic mass is 10.2. The number of benzene rings is 2. The molecule has 2 aromatic rings. The summed E-state index contributed by atoms with van der Waals surface area (Å²) in [5, 5.41) is 11.0. The van der Waals surface area contributed by atoms with Gasteiger partial charge in [0.25, 0.3) is 5.69 Å². The van der Waals surface area contributed by atoms with Gasteiger partial charge in [0.2, 0.25) is 0 Å². The van der Waals surface area contributed by atoms with Gasteiger partial charge < -0.3 is 5.73 Å². The number of hydrogen-bond donors (Lipinski definition) is 1. The molecule has 6 nitrogen and oxygen atoms in total. The van der Waals surface area contributed by atoms with Crippen LogP contribution in [0.25, 0.3) is 0 Å². The Morgan fingerprint density at radius 3 is 2.52 bits per heavy atom. The van der Waals surface area contributed by atoms with Crippen molar-refractivity contribution in [2.24, 2.45) is 0 Å². The summed E-state index contributed by atoms with van der Waals surface area (Å²) in [5.41, 5.74) is 5.66. The molecule has 0 aliphatic carbocycles. The Hall–Kier alpha value is -2.12. The number of nitrogens with two attached hydrogens (primary N) is 1. The largest absolute Gasteiger partial charge is 0.399 e. The average molecular weight is 327 g/mol. The van der Waals surface area contributed by atoms with E-state index >= 15 is 0 Å². The number of nitrogens with zero attached hydrogens (tertiary/aromatic N) is 1. The molecule has 0 saturated heterocycles. The van der Waals surface area contributed by atoms with Gasteiger partial charge in [-0.1, -0.05) is 29.8 Å². The number of halogens is 1. The first-order valence-corrected chi connectivity index (χ1v) is 7.84. The van der Waals surface area contributed by atoms with E-state index in [1.807, 2.05) is 0 Å². The van der Waals surface area contributed by atoms with Crippen molar-refractivity contribution in [2.45, 2.75) is 10.6 Å². The SMILES string of the molecule is Nc1ccc(Cl)c(S(=O)(=O)Cc2ccccc2[N+](=O)[O-])c1. The molecule has 8 heteroatoms. The number of anilines is 1. The zero-order valence-corrected chi connectivity index (χ0v) is 12.3. The minimum atomic E-state index is -3.84. The molecule has 21 heavy (non-hydrogen) atoms. The van der Waals surface area contributed by atoms with Crippen LogP contribution in [-0.2, 0) is 15.6 Å². The summed E-state index contributed by atoms with van der Waals surface area (Å²) >= 11 is 5.88. The first-order chi connectivity index (χ1) is 9.81. The molecule has 0 fully saturated rings. The fraction of sp³-hybridized carbons (Fsp3) is 0.0769. The van der Waals surface area contributed by atoms with Crippen LogP contribution < -0.4 is 5.73 Å². The number of para-hydroxylation sites is 1. The van der Waals surface area contributed by atoms with Gasteiger partial charge >= 0.3 is 0 Å². The van der Waals surface area contributed by atoms with Crippen molar-refractivity contribution in [3.05, 3.63) is 63.2 Å². The normalized spacial score (nSPS) is 11.3. The molecule has 0 amide bonds. The van der Waals surface area contributed by atoms with E-state index in [4.69, 9.17) is 17.3 Å². The van der Waals surface area contributed by atoms with E-state index in [0.717, 1.165) is 0 Å². The lowest BCUT2D eigenvalue weighted by Crippen LogP contribution is -2.08. The third-order valence-corrected chi connectivity index (χ3v) is 4.96. The summed E-state index contributed by atoms with van der Waals surface area (Å²) in [6, 6.07) is 9.77. The van der Waals surface area contributed by atoms with Crippen LogP contribution in [0.5, 0.6) is 0 Å². The Balaban J connectivity index is 2.48. The molecule has 0 atom stereocenters. The number of nitro benzene ring substituents is 1. The number of sulfone groups is 1. The van der Waals surface area contributed by atoms with Gasteiger partial charge in [-0.25, -0.2) is 8.42 Å². The molecule has 0 aliphatic heterocycles. The smallest absolute Gasteiger partial charge is 0.273 e. The van der Waals surface area contributed by atoms with Crippen molar-refractivity contribution in [2.75, 3.05) is 5.73 Å². The summed E-state index contributed by atoms with van der Waals surface area (Å²) < 4.78 is 24.8. The molecule has 0 spiro atoms. The molecule has 0 aromatic heterocycles. The maximum Gasteiger partial charge on any atom is 0.273 e. The first kappa shape index (κ1) is 15.3. The van der Waals surface area contributed by atoms with E-state index in [9.17, 15) is 18.5 Å². The van der Waals surface area contributed by atoms with Gasteiger partial charge in [-0.3, -0.25) is 10.1 Å². The Morgan fingerprint density at radius 2 is 1.86 bits per heavy atom. The zero-order chi connectivity index (χ0) is 15.6. The first-order valence-electron chi connectivity index (χ1n) is 5.81. The third kappa shape index (κ3) is 3.32. The number of nitro groups is 1. The molecule has 0 heterocycles. The summed E-state index contributed by atoms with van der Waals surface area (Å²) in [4.78, 5) is 10.2. The molecule has 0 radical (unpaired) electrons. The predicted octanol–water partition coefficient (Wildman–Crippen LogP) is 2.80. The van der Waals surface area contributed by atoms with E-state index in [1.165, 1.54) is 36.4 Å². The molecule has 0 bridgehead atoms. The zero-order valence-electron chi connectivity index (χ0n) is 10.7. The second-order valence-corrected chi connectivity index (χ2v) is 6.70. The van der Waals surface area contributed by atoms with E-state index in [2.05, 4.69) is 0 Å². The van der Waals surface area contributed by atoms with E-state index < -0.39 is 20.5 Å². The maximum atomic E-state index is 12.4. The maximum absolute atomic E-state index is 12.4. The highest BCUT2D eigenvalue weighted by Crippen LogP contribution is 2.29. The van der Waals surface area contributed by atoms with Crippen LogP contribution in [0.4, 0.5) is 11.4 Å². The van der Waals surface area contributed by atoms with Gasteiger partial charge in [-0.05, 0) is 18.2 Å². The Bertz CT molecular complexity index is 806. The summed E-state index contributed by atoms with van der Waals surface area (Å²) in [6.07, 6.45) is 0. The highest BCUT2D eigenvalue weighted by Gasteiger charge is 2.23. The highest BCUT2D eigenvalue weighted by molar-refractivity contribution is 7.90. The van der Waals surface area contributed by atoms with E-state index in [1.54, 1.807) is 6.07 Å². The fourth-order valence-electron chi connectivity index (χ4n) is 1.85.